The minimum Gasteiger partial charge on any atom is -0.457 e. The molecule has 3 aromatic carbocycles. The van der Waals surface area contributed by atoms with Gasteiger partial charge in [0, 0.05) is 34.0 Å². The fourth-order valence-corrected chi connectivity index (χ4v) is 6.04. The Hall–Kier alpha value is -4.13. The summed E-state index contributed by atoms with van der Waals surface area (Å²) in [5, 5.41) is 4.94. The number of anilines is 1. The van der Waals surface area contributed by atoms with Gasteiger partial charge in [0.1, 0.15) is 11.5 Å². The van der Waals surface area contributed by atoms with Crippen LogP contribution in [0.15, 0.2) is 103 Å². The summed E-state index contributed by atoms with van der Waals surface area (Å²) < 4.78 is 8.32. The fraction of sp³-hybridized carbons (Fsp3) is 0.152. The first-order valence-corrected chi connectivity index (χ1v) is 14.0. The van der Waals surface area contributed by atoms with Crippen molar-refractivity contribution < 1.29 is 4.74 Å². The maximum Gasteiger partial charge on any atom is 0.174 e. The number of benzene rings is 3. The van der Waals surface area contributed by atoms with Gasteiger partial charge in [-0.1, -0.05) is 41.9 Å². The molecule has 1 saturated heterocycles. The topological polar surface area (TPSA) is 42.3 Å². The average molecular weight is 565 g/mol. The van der Waals surface area contributed by atoms with Crippen LogP contribution in [0, 0.1) is 20.8 Å². The second kappa shape index (κ2) is 10.8. The number of nitrogens with one attached hydrogen (secondary N) is 1. The van der Waals surface area contributed by atoms with E-state index in [1.807, 2.05) is 79.0 Å². The van der Waals surface area contributed by atoms with Crippen molar-refractivity contribution in [3.05, 3.63) is 136 Å². The molecule has 0 bridgehead atoms. The number of pyridine rings is 1. The van der Waals surface area contributed by atoms with Gasteiger partial charge in [-0.05, 0) is 111 Å². The second-order valence-electron chi connectivity index (χ2n) is 10.00. The number of hydrogen-bond donors (Lipinski definition) is 1. The first-order chi connectivity index (χ1) is 19.4. The lowest BCUT2D eigenvalue weighted by molar-refractivity contribution is 0.482. The average Bonchev–Trinajstić information content (AvgIpc) is 3.46. The Bertz CT molecular complexity index is 1670. The number of aromatic nitrogens is 2. The number of para-hydroxylation sites is 1. The number of rotatable bonds is 6. The predicted octanol–water partition coefficient (Wildman–Crippen LogP) is 8.42. The van der Waals surface area contributed by atoms with Gasteiger partial charge in [0.05, 0.1) is 17.8 Å². The van der Waals surface area contributed by atoms with Gasteiger partial charge in [0.25, 0.3) is 0 Å². The van der Waals surface area contributed by atoms with Crippen molar-refractivity contribution in [2.24, 2.45) is 0 Å². The molecule has 1 aliphatic rings. The molecule has 1 N–H and O–H groups in total. The molecule has 0 aliphatic carbocycles. The smallest absolute Gasteiger partial charge is 0.174 e. The van der Waals surface area contributed by atoms with Gasteiger partial charge < -0.3 is 19.5 Å². The molecule has 0 saturated carbocycles. The molecular formula is C33H29ClN4OS. The van der Waals surface area contributed by atoms with Crippen LogP contribution in [0.1, 0.15) is 40.3 Å². The molecule has 2 atom stereocenters. The van der Waals surface area contributed by atoms with Crippen LogP contribution in [0.5, 0.6) is 11.5 Å². The summed E-state index contributed by atoms with van der Waals surface area (Å²) in [5.74, 6) is 1.56. The highest BCUT2D eigenvalue weighted by Gasteiger charge is 2.42. The molecule has 3 heterocycles. The number of aryl methyl sites for hydroxylation is 2. The first kappa shape index (κ1) is 26.1. The highest BCUT2D eigenvalue weighted by molar-refractivity contribution is 7.80. The Kier molecular flexibility index (Phi) is 7.05. The maximum absolute atomic E-state index is 6.43. The van der Waals surface area contributed by atoms with Crippen LogP contribution in [0.2, 0.25) is 5.02 Å². The summed E-state index contributed by atoms with van der Waals surface area (Å²) in [7, 11) is 0. The summed E-state index contributed by atoms with van der Waals surface area (Å²) in [6.45, 7) is 6.40. The monoisotopic (exact) mass is 564 g/mol. The SMILES string of the molecule is Cc1ccc(Cl)cc1-n1c(C)cc([C@H]2[C@H](c3ccccn3)NC(=S)N2c2ccc(Oc3ccccc3)cc2)c1C. The first-order valence-electron chi connectivity index (χ1n) is 13.2. The third-order valence-corrected chi connectivity index (χ3v) is 7.94. The molecular weight excluding hydrogens is 536 g/mol. The largest absolute Gasteiger partial charge is 0.457 e. The summed E-state index contributed by atoms with van der Waals surface area (Å²) in [6.07, 6.45) is 1.83. The second-order valence-corrected chi connectivity index (χ2v) is 10.8. The van der Waals surface area contributed by atoms with Crippen LogP contribution in [0.25, 0.3) is 5.69 Å². The molecule has 6 rings (SSSR count). The summed E-state index contributed by atoms with van der Waals surface area (Å²) >= 11 is 12.4. The number of nitrogens with zero attached hydrogens (tertiary/aromatic N) is 3. The van der Waals surface area contributed by atoms with Crippen molar-refractivity contribution in [1.82, 2.24) is 14.9 Å². The van der Waals surface area contributed by atoms with Crippen molar-refractivity contribution in [2.45, 2.75) is 32.9 Å². The Balaban J connectivity index is 1.44. The van der Waals surface area contributed by atoms with E-state index in [4.69, 9.17) is 33.5 Å². The molecule has 2 aromatic heterocycles. The van der Waals surface area contributed by atoms with E-state index < -0.39 is 0 Å². The molecule has 5 aromatic rings. The van der Waals surface area contributed by atoms with Gasteiger partial charge >= 0.3 is 0 Å². The lowest BCUT2D eigenvalue weighted by atomic mass is 9.96. The molecule has 1 aliphatic heterocycles. The summed E-state index contributed by atoms with van der Waals surface area (Å²) in [4.78, 5) is 6.90. The van der Waals surface area contributed by atoms with Crippen molar-refractivity contribution in [3.63, 3.8) is 0 Å². The van der Waals surface area contributed by atoms with E-state index in [9.17, 15) is 0 Å². The molecule has 0 amide bonds. The van der Waals surface area contributed by atoms with Gasteiger partial charge in [-0.15, -0.1) is 0 Å². The number of ether oxygens (including phenoxy) is 1. The Morgan fingerprint density at radius 2 is 1.57 bits per heavy atom. The van der Waals surface area contributed by atoms with E-state index in [-0.39, 0.29) is 12.1 Å². The van der Waals surface area contributed by atoms with E-state index in [2.05, 4.69) is 59.8 Å². The zero-order valence-corrected chi connectivity index (χ0v) is 24.1. The Morgan fingerprint density at radius 1 is 0.850 bits per heavy atom. The van der Waals surface area contributed by atoms with E-state index >= 15 is 0 Å². The lowest BCUT2D eigenvalue weighted by Crippen LogP contribution is -2.29. The van der Waals surface area contributed by atoms with Gasteiger partial charge in [-0.2, -0.15) is 0 Å². The normalized spacial score (nSPS) is 16.7. The molecule has 5 nitrogen and oxygen atoms in total. The van der Waals surface area contributed by atoms with Crippen LogP contribution >= 0.6 is 23.8 Å². The van der Waals surface area contributed by atoms with Crippen molar-refractivity contribution in [1.29, 1.82) is 0 Å². The van der Waals surface area contributed by atoms with Crippen LogP contribution in [-0.2, 0) is 0 Å². The minimum atomic E-state index is -0.136. The zero-order valence-electron chi connectivity index (χ0n) is 22.5. The van der Waals surface area contributed by atoms with Gasteiger partial charge in [-0.3, -0.25) is 4.98 Å². The standard InChI is InChI=1S/C33H29ClN4OS/c1-21-12-13-24(34)20-30(21)37-22(2)19-28(23(37)3)32-31(29-11-7-8-18-35-29)36-33(40)38(32)25-14-16-27(17-15-25)39-26-9-5-4-6-10-26/h4-20,31-32H,1-3H3,(H,36,40)/t31-,32-/m0/s1. The maximum atomic E-state index is 6.43. The minimum absolute atomic E-state index is 0.122. The number of thiocarbonyl (C=S) groups is 1. The van der Waals surface area contributed by atoms with Gasteiger partial charge in [-0.25, -0.2) is 0 Å². The van der Waals surface area contributed by atoms with Crippen LogP contribution in [-0.4, -0.2) is 14.7 Å². The molecule has 1 fully saturated rings. The molecule has 0 unspecified atom stereocenters. The fourth-order valence-electron chi connectivity index (χ4n) is 5.53. The van der Waals surface area contributed by atoms with Crippen LogP contribution in [0.3, 0.4) is 0 Å². The van der Waals surface area contributed by atoms with E-state index in [0.29, 0.717) is 10.1 Å². The van der Waals surface area contributed by atoms with Crippen molar-refractivity contribution in [3.8, 4) is 17.2 Å². The van der Waals surface area contributed by atoms with Crippen molar-refractivity contribution in [2.75, 3.05) is 4.90 Å². The van der Waals surface area contributed by atoms with Crippen LogP contribution < -0.4 is 15.0 Å². The van der Waals surface area contributed by atoms with E-state index in [1.165, 1.54) is 5.56 Å². The number of hydrogen-bond acceptors (Lipinski definition) is 3. The van der Waals surface area contributed by atoms with E-state index in [1.54, 1.807) is 0 Å². The van der Waals surface area contributed by atoms with Crippen LogP contribution in [0.4, 0.5) is 5.69 Å². The van der Waals surface area contributed by atoms with Gasteiger partial charge in [0.15, 0.2) is 5.11 Å². The lowest BCUT2D eigenvalue weighted by Gasteiger charge is -2.28. The summed E-state index contributed by atoms with van der Waals surface area (Å²) in [5.41, 5.74) is 7.58. The number of halogens is 1. The van der Waals surface area contributed by atoms with Crippen molar-refractivity contribution >= 4 is 34.6 Å². The molecule has 7 heteroatoms. The summed E-state index contributed by atoms with van der Waals surface area (Å²) in [6, 6.07) is 31.9. The quantitative estimate of drug-likeness (QED) is 0.210. The van der Waals surface area contributed by atoms with E-state index in [0.717, 1.165) is 45.5 Å². The highest BCUT2D eigenvalue weighted by Crippen LogP contribution is 2.44. The Morgan fingerprint density at radius 3 is 2.30 bits per heavy atom. The molecule has 0 radical (unpaired) electrons. The third kappa shape index (κ3) is 4.85. The predicted molar refractivity (Wildman–Crippen MR) is 166 cm³/mol. The molecule has 40 heavy (non-hydrogen) atoms. The molecule has 0 spiro atoms. The highest BCUT2D eigenvalue weighted by atomic mass is 35.5. The Labute approximate surface area is 245 Å². The zero-order chi connectivity index (χ0) is 27.8. The molecule has 200 valence electrons. The third-order valence-electron chi connectivity index (χ3n) is 7.39. The van der Waals surface area contributed by atoms with Gasteiger partial charge in [0.2, 0.25) is 0 Å².